The summed E-state index contributed by atoms with van der Waals surface area (Å²) < 4.78 is 12.4. The van der Waals surface area contributed by atoms with Gasteiger partial charge >= 0.3 is 0 Å². The van der Waals surface area contributed by atoms with Gasteiger partial charge in [0, 0.05) is 19.2 Å². The summed E-state index contributed by atoms with van der Waals surface area (Å²) >= 11 is 0. The van der Waals surface area contributed by atoms with Crippen LogP contribution in [0.1, 0.15) is 36.5 Å². The van der Waals surface area contributed by atoms with Crippen molar-refractivity contribution in [3.05, 3.63) is 71.8 Å². The highest BCUT2D eigenvalue weighted by atomic mass is 16.5. The minimum absolute atomic E-state index is 0.00352. The Labute approximate surface area is 150 Å². The lowest BCUT2D eigenvalue weighted by Gasteiger charge is -2.38. The number of rotatable bonds is 5. The van der Waals surface area contributed by atoms with Crippen molar-refractivity contribution < 1.29 is 9.47 Å². The highest BCUT2D eigenvalue weighted by Crippen LogP contribution is 2.39. The van der Waals surface area contributed by atoms with E-state index in [4.69, 9.17) is 9.47 Å². The third-order valence-electron chi connectivity index (χ3n) is 5.91. The summed E-state index contributed by atoms with van der Waals surface area (Å²) in [6, 6.07) is 22.2. The van der Waals surface area contributed by atoms with Crippen LogP contribution in [-0.4, -0.2) is 43.3 Å². The van der Waals surface area contributed by atoms with E-state index in [-0.39, 0.29) is 12.2 Å². The highest BCUT2D eigenvalue weighted by molar-refractivity contribution is 5.30. The van der Waals surface area contributed by atoms with Gasteiger partial charge in [-0.2, -0.15) is 0 Å². The summed E-state index contributed by atoms with van der Waals surface area (Å²) in [5.74, 6) is 0. The molecule has 4 rings (SSSR count). The molecule has 2 bridgehead atoms. The second kappa shape index (κ2) is 7.28. The number of ether oxygens (including phenoxy) is 2. The molecule has 3 heteroatoms. The van der Waals surface area contributed by atoms with E-state index in [0.717, 1.165) is 19.3 Å². The third kappa shape index (κ3) is 3.37. The Morgan fingerprint density at radius 2 is 1.48 bits per heavy atom. The molecule has 2 aromatic carbocycles. The van der Waals surface area contributed by atoms with E-state index in [9.17, 15) is 0 Å². The van der Waals surface area contributed by atoms with Gasteiger partial charge in [0.2, 0.25) is 0 Å². The number of piperidine rings is 1. The van der Waals surface area contributed by atoms with Gasteiger partial charge in [0.15, 0.2) is 0 Å². The number of likely N-dealkylation sites (N-methyl/N-ethyl adjacent to an activating group) is 1. The first kappa shape index (κ1) is 16.8. The van der Waals surface area contributed by atoms with Gasteiger partial charge < -0.3 is 9.47 Å². The summed E-state index contributed by atoms with van der Waals surface area (Å²) in [5.41, 5.74) is 2.45. The van der Waals surface area contributed by atoms with Crippen molar-refractivity contribution in [3.63, 3.8) is 0 Å². The van der Waals surface area contributed by atoms with Crippen molar-refractivity contribution >= 4 is 0 Å². The number of methoxy groups -OCH3 is 1. The Balaban J connectivity index is 1.56. The van der Waals surface area contributed by atoms with E-state index in [1.54, 1.807) is 0 Å². The van der Waals surface area contributed by atoms with Gasteiger partial charge in [-0.15, -0.1) is 0 Å². The predicted molar refractivity (Wildman–Crippen MR) is 99.6 cm³/mol. The molecule has 2 fully saturated rings. The Bertz CT molecular complexity index is 635. The molecule has 2 saturated heterocycles. The zero-order chi connectivity index (χ0) is 17.2. The summed E-state index contributed by atoms with van der Waals surface area (Å²) in [7, 11) is 4.07. The quantitative estimate of drug-likeness (QED) is 0.822. The third-order valence-corrected chi connectivity index (χ3v) is 5.91. The molecule has 2 heterocycles. The number of benzene rings is 2. The van der Waals surface area contributed by atoms with Crippen molar-refractivity contribution in [3.8, 4) is 0 Å². The van der Waals surface area contributed by atoms with Crippen LogP contribution in [0.3, 0.4) is 0 Å². The van der Waals surface area contributed by atoms with Gasteiger partial charge in [-0.05, 0) is 37.4 Å². The summed E-state index contributed by atoms with van der Waals surface area (Å²) in [4.78, 5) is 2.49. The summed E-state index contributed by atoms with van der Waals surface area (Å²) in [6.45, 7) is 0. The van der Waals surface area contributed by atoms with Crippen LogP contribution in [0.5, 0.6) is 0 Å². The van der Waals surface area contributed by atoms with Crippen molar-refractivity contribution in [2.75, 3.05) is 14.2 Å². The monoisotopic (exact) mass is 337 g/mol. The van der Waals surface area contributed by atoms with E-state index in [2.05, 4.69) is 72.6 Å². The van der Waals surface area contributed by atoms with Gasteiger partial charge in [-0.1, -0.05) is 60.7 Å². The van der Waals surface area contributed by atoms with E-state index < -0.39 is 0 Å². The molecular weight excluding hydrogens is 310 g/mol. The summed E-state index contributed by atoms with van der Waals surface area (Å²) in [6.07, 6.45) is 3.87. The average molecular weight is 337 g/mol. The Morgan fingerprint density at radius 3 is 2.04 bits per heavy atom. The lowest BCUT2D eigenvalue weighted by atomic mass is 9.97. The van der Waals surface area contributed by atoms with E-state index in [1.807, 2.05) is 7.11 Å². The van der Waals surface area contributed by atoms with E-state index >= 15 is 0 Å². The SMILES string of the molecule is CO[C@@H]1C[C@@H]2C[C@@H](OC(c3ccccc3)c3ccccc3)C[C@@H]1N2C. The number of hydrogen-bond acceptors (Lipinski definition) is 3. The Morgan fingerprint density at radius 1 is 0.880 bits per heavy atom. The molecule has 0 amide bonds. The maximum absolute atomic E-state index is 6.70. The standard InChI is InChI=1S/C22H27NO2/c1-23-18-13-19(15-20(23)21(14-18)24-2)25-22(16-9-5-3-6-10-16)17-11-7-4-8-12-17/h3-12,18-22H,13-15H2,1-2H3/t18-,19+,20-,21+/m0/s1. The van der Waals surface area contributed by atoms with Crippen LogP contribution in [-0.2, 0) is 9.47 Å². The minimum Gasteiger partial charge on any atom is -0.380 e. The number of fused-ring (bicyclic) bond motifs is 2. The Hall–Kier alpha value is -1.68. The summed E-state index contributed by atoms with van der Waals surface area (Å²) in [5, 5.41) is 0. The van der Waals surface area contributed by atoms with Gasteiger partial charge in [0.05, 0.1) is 12.2 Å². The predicted octanol–water partition coefficient (Wildman–Crippen LogP) is 4.04. The van der Waals surface area contributed by atoms with Crippen molar-refractivity contribution in [1.82, 2.24) is 4.90 Å². The van der Waals surface area contributed by atoms with Crippen LogP contribution in [0.15, 0.2) is 60.7 Å². The van der Waals surface area contributed by atoms with Gasteiger partial charge in [-0.25, -0.2) is 0 Å². The largest absolute Gasteiger partial charge is 0.380 e. The smallest absolute Gasteiger partial charge is 0.108 e. The maximum atomic E-state index is 6.70. The van der Waals surface area contributed by atoms with Gasteiger partial charge in [0.25, 0.3) is 0 Å². The van der Waals surface area contributed by atoms with Crippen LogP contribution < -0.4 is 0 Å². The van der Waals surface area contributed by atoms with Gasteiger partial charge in [-0.3, -0.25) is 4.90 Å². The topological polar surface area (TPSA) is 21.7 Å². The second-order valence-electron chi connectivity index (χ2n) is 7.33. The molecule has 0 aliphatic carbocycles. The van der Waals surface area contributed by atoms with Crippen LogP contribution in [0.4, 0.5) is 0 Å². The molecule has 132 valence electrons. The lowest BCUT2D eigenvalue weighted by Crippen LogP contribution is -2.45. The van der Waals surface area contributed by atoms with Crippen LogP contribution in [0.25, 0.3) is 0 Å². The van der Waals surface area contributed by atoms with Gasteiger partial charge in [0.1, 0.15) is 6.10 Å². The number of nitrogens with zero attached hydrogens (tertiary/aromatic N) is 1. The Kier molecular flexibility index (Phi) is 4.89. The first-order valence-electron chi connectivity index (χ1n) is 9.26. The molecule has 2 aromatic rings. The van der Waals surface area contributed by atoms with Crippen molar-refractivity contribution in [1.29, 1.82) is 0 Å². The molecular formula is C22H27NO2. The molecule has 0 saturated carbocycles. The van der Waals surface area contributed by atoms with Crippen molar-refractivity contribution in [2.45, 2.75) is 49.7 Å². The first-order valence-corrected chi connectivity index (χ1v) is 9.26. The van der Waals surface area contributed by atoms with Crippen LogP contribution >= 0.6 is 0 Å². The van der Waals surface area contributed by atoms with Crippen LogP contribution in [0, 0.1) is 0 Å². The fourth-order valence-corrected chi connectivity index (χ4v) is 4.54. The zero-order valence-corrected chi connectivity index (χ0v) is 15.0. The molecule has 2 aliphatic heterocycles. The van der Waals surface area contributed by atoms with E-state index in [0.29, 0.717) is 18.2 Å². The molecule has 0 spiro atoms. The lowest BCUT2D eigenvalue weighted by molar-refractivity contribution is -0.0523. The molecule has 0 unspecified atom stereocenters. The van der Waals surface area contributed by atoms with E-state index in [1.165, 1.54) is 11.1 Å². The first-order chi connectivity index (χ1) is 12.3. The molecule has 2 aliphatic rings. The molecule has 0 radical (unpaired) electrons. The minimum atomic E-state index is -0.00352. The van der Waals surface area contributed by atoms with Crippen molar-refractivity contribution in [2.24, 2.45) is 0 Å². The fraction of sp³-hybridized carbons (Fsp3) is 0.455. The molecule has 25 heavy (non-hydrogen) atoms. The second-order valence-corrected chi connectivity index (χ2v) is 7.33. The number of hydrogen-bond donors (Lipinski definition) is 0. The fourth-order valence-electron chi connectivity index (χ4n) is 4.54. The molecule has 0 N–H and O–H groups in total. The highest BCUT2D eigenvalue weighted by Gasteiger charge is 2.46. The molecule has 4 atom stereocenters. The average Bonchev–Trinajstić information content (AvgIpc) is 2.85. The zero-order valence-electron chi connectivity index (χ0n) is 15.0. The van der Waals surface area contributed by atoms with Crippen LogP contribution in [0.2, 0.25) is 0 Å². The molecule has 0 aromatic heterocycles. The molecule has 3 nitrogen and oxygen atoms in total. The normalized spacial score (nSPS) is 29.2. The maximum Gasteiger partial charge on any atom is 0.108 e.